The Morgan fingerprint density at radius 1 is 1.17 bits per heavy atom. The summed E-state index contributed by atoms with van der Waals surface area (Å²) in [6.45, 7) is 8.28. The second-order valence-corrected chi connectivity index (χ2v) is 7.67. The highest BCUT2D eigenvalue weighted by Crippen LogP contribution is 2.28. The second-order valence-electron chi connectivity index (χ2n) is 7.23. The van der Waals surface area contributed by atoms with E-state index in [2.05, 4.69) is 41.9 Å². The summed E-state index contributed by atoms with van der Waals surface area (Å²) >= 11 is 5.97. The van der Waals surface area contributed by atoms with E-state index in [0.29, 0.717) is 10.7 Å². The van der Waals surface area contributed by atoms with Crippen LogP contribution >= 0.6 is 11.6 Å². The molecule has 0 aliphatic carbocycles. The van der Waals surface area contributed by atoms with Crippen molar-refractivity contribution in [2.75, 3.05) is 5.32 Å². The minimum absolute atomic E-state index is 0.0377. The van der Waals surface area contributed by atoms with Gasteiger partial charge in [0.1, 0.15) is 11.6 Å². The summed E-state index contributed by atoms with van der Waals surface area (Å²) in [6.07, 6.45) is 2.56. The van der Waals surface area contributed by atoms with Crippen LogP contribution < -0.4 is 5.32 Å². The van der Waals surface area contributed by atoms with Gasteiger partial charge in [0.05, 0.1) is 5.69 Å². The number of nitriles is 1. The Bertz CT molecular complexity index is 1180. The highest BCUT2D eigenvalue weighted by Gasteiger charge is 2.16. The zero-order valence-corrected chi connectivity index (χ0v) is 18.3. The third kappa shape index (κ3) is 4.32. The maximum atomic E-state index is 12.6. The van der Waals surface area contributed by atoms with E-state index in [4.69, 9.17) is 11.6 Å². The van der Waals surface area contributed by atoms with Crippen LogP contribution in [0.15, 0.2) is 54.1 Å². The van der Waals surface area contributed by atoms with Gasteiger partial charge in [0.15, 0.2) is 0 Å². The molecule has 5 heteroatoms. The van der Waals surface area contributed by atoms with Crippen molar-refractivity contribution >= 4 is 29.3 Å². The van der Waals surface area contributed by atoms with Crippen molar-refractivity contribution in [2.45, 2.75) is 34.1 Å². The molecule has 0 aliphatic rings. The fourth-order valence-corrected chi connectivity index (χ4v) is 3.86. The molecule has 0 fully saturated rings. The van der Waals surface area contributed by atoms with E-state index in [0.717, 1.165) is 29.1 Å². The molecule has 2 aromatic carbocycles. The molecule has 0 spiro atoms. The summed E-state index contributed by atoms with van der Waals surface area (Å²) in [7, 11) is 0. The quantitative estimate of drug-likeness (QED) is 0.399. The third-order valence-electron chi connectivity index (χ3n) is 5.14. The van der Waals surface area contributed by atoms with Crippen LogP contribution in [0, 0.1) is 32.1 Å². The molecule has 1 amide bonds. The van der Waals surface area contributed by atoms with Gasteiger partial charge in [-0.1, -0.05) is 42.8 Å². The van der Waals surface area contributed by atoms with Crippen molar-refractivity contribution in [1.29, 1.82) is 5.26 Å². The maximum absolute atomic E-state index is 12.6. The van der Waals surface area contributed by atoms with E-state index >= 15 is 0 Å². The molecule has 1 N–H and O–H groups in total. The summed E-state index contributed by atoms with van der Waals surface area (Å²) < 4.78 is 2.20. The summed E-state index contributed by atoms with van der Waals surface area (Å²) in [6, 6.07) is 17.2. The van der Waals surface area contributed by atoms with Crippen molar-refractivity contribution in [1.82, 2.24) is 4.57 Å². The van der Waals surface area contributed by atoms with Crippen molar-refractivity contribution in [3.8, 4) is 11.8 Å². The molecule has 0 aliphatic heterocycles. The number of carbonyl (C=O) groups excluding carboxylic acids is 1. The van der Waals surface area contributed by atoms with E-state index < -0.39 is 5.91 Å². The van der Waals surface area contributed by atoms with Gasteiger partial charge in [-0.25, -0.2) is 0 Å². The third-order valence-corrected chi connectivity index (χ3v) is 5.38. The number of hydrogen-bond acceptors (Lipinski definition) is 2. The summed E-state index contributed by atoms with van der Waals surface area (Å²) in [5.41, 5.74) is 7.07. The molecule has 0 radical (unpaired) electrons. The molecular weight excluding hydrogens is 394 g/mol. The maximum Gasteiger partial charge on any atom is 0.266 e. The van der Waals surface area contributed by atoms with Crippen LogP contribution in [0.4, 0.5) is 5.69 Å². The first-order valence-electron chi connectivity index (χ1n) is 9.82. The number of amides is 1. The van der Waals surface area contributed by atoms with Crippen LogP contribution in [0.5, 0.6) is 0 Å². The number of para-hydroxylation sites is 1. The van der Waals surface area contributed by atoms with Crippen LogP contribution in [0.3, 0.4) is 0 Å². The van der Waals surface area contributed by atoms with E-state index in [1.807, 2.05) is 26.0 Å². The Labute approximate surface area is 182 Å². The summed E-state index contributed by atoms with van der Waals surface area (Å²) in [5.74, 6) is -0.463. The molecule has 152 valence electrons. The van der Waals surface area contributed by atoms with Gasteiger partial charge in [-0.15, -0.1) is 0 Å². The van der Waals surface area contributed by atoms with E-state index in [1.165, 1.54) is 11.1 Å². The first-order chi connectivity index (χ1) is 14.3. The van der Waals surface area contributed by atoms with Crippen LogP contribution in [-0.2, 0) is 11.2 Å². The first-order valence-corrected chi connectivity index (χ1v) is 10.2. The number of aromatic nitrogens is 1. The van der Waals surface area contributed by atoms with Crippen LogP contribution in [0.25, 0.3) is 11.8 Å². The van der Waals surface area contributed by atoms with Gasteiger partial charge in [0.2, 0.25) is 0 Å². The molecule has 0 saturated carbocycles. The standard InChI is InChI=1S/C25H24ClN3O/c1-5-19-9-6-8-16(2)24(19)29-17(3)12-20(18(29)4)13-21(15-27)25(30)28-23-11-7-10-22(26)14-23/h6-14H,5H2,1-4H3,(H,28,30)/b21-13-. The Morgan fingerprint density at radius 3 is 2.57 bits per heavy atom. The van der Waals surface area contributed by atoms with Crippen LogP contribution in [-0.4, -0.2) is 10.5 Å². The predicted molar refractivity (Wildman–Crippen MR) is 123 cm³/mol. The average Bonchev–Trinajstić information content (AvgIpc) is 2.98. The van der Waals surface area contributed by atoms with Gasteiger partial charge in [0.25, 0.3) is 5.91 Å². The molecule has 0 unspecified atom stereocenters. The smallest absolute Gasteiger partial charge is 0.266 e. The zero-order chi connectivity index (χ0) is 21.8. The molecule has 3 aromatic rings. The fourth-order valence-electron chi connectivity index (χ4n) is 3.67. The number of carbonyl (C=O) groups is 1. The van der Waals surface area contributed by atoms with Crippen molar-refractivity contribution in [2.24, 2.45) is 0 Å². The molecular formula is C25H24ClN3O. The number of aryl methyl sites for hydroxylation is 3. The molecule has 30 heavy (non-hydrogen) atoms. The Balaban J connectivity index is 2.01. The first kappa shape index (κ1) is 21.4. The van der Waals surface area contributed by atoms with Crippen LogP contribution in [0.2, 0.25) is 5.02 Å². The average molecular weight is 418 g/mol. The number of anilines is 1. The SMILES string of the molecule is CCc1cccc(C)c1-n1c(C)cc(/C=C(/C#N)C(=O)Nc2cccc(Cl)c2)c1C. The van der Waals surface area contributed by atoms with Gasteiger partial charge < -0.3 is 9.88 Å². The lowest BCUT2D eigenvalue weighted by molar-refractivity contribution is -0.112. The minimum atomic E-state index is -0.463. The lowest BCUT2D eigenvalue weighted by Gasteiger charge is -2.17. The number of rotatable bonds is 5. The topological polar surface area (TPSA) is 57.8 Å². The molecule has 4 nitrogen and oxygen atoms in total. The number of halogens is 1. The number of benzene rings is 2. The summed E-state index contributed by atoms with van der Waals surface area (Å²) in [5, 5.41) is 12.8. The van der Waals surface area contributed by atoms with Crippen molar-refractivity contribution < 1.29 is 4.79 Å². The Kier molecular flexibility index (Phi) is 6.44. The number of hydrogen-bond donors (Lipinski definition) is 1. The van der Waals surface area contributed by atoms with E-state index in [1.54, 1.807) is 30.3 Å². The van der Waals surface area contributed by atoms with Crippen molar-refractivity contribution in [3.05, 3.63) is 87.2 Å². The van der Waals surface area contributed by atoms with Crippen molar-refractivity contribution in [3.63, 3.8) is 0 Å². The molecule has 0 bridgehead atoms. The molecule has 1 aromatic heterocycles. The predicted octanol–water partition coefficient (Wildman–Crippen LogP) is 6.16. The zero-order valence-electron chi connectivity index (χ0n) is 17.6. The monoisotopic (exact) mass is 417 g/mol. The van der Waals surface area contributed by atoms with E-state index in [-0.39, 0.29) is 5.57 Å². The van der Waals surface area contributed by atoms with E-state index in [9.17, 15) is 10.1 Å². The molecule has 0 saturated heterocycles. The van der Waals surface area contributed by atoms with Gasteiger partial charge in [-0.2, -0.15) is 5.26 Å². The summed E-state index contributed by atoms with van der Waals surface area (Å²) in [4.78, 5) is 12.6. The minimum Gasteiger partial charge on any atom is -0.321 e. The lowest BCUT2D eigenvalue weighted by Crippen LogP contribution is -2.13. The van der Waals surface area contributed by atoms with Gasteiger partial charge in [0, 0.05) is 22.1 Å². The Morgan fingerprint density at radius 2 is 1.90 bits per heavy atom. The second kappa shape index (κ2) is 9.02. The fraction of sp³-hybridized carbons (Fsp3) is 0.200. The molecule has 3 rings (SSSR count). The largest absolute Gasteiger partial charge is 0.321 e. The molecule has 0 atom stereocenters. The van der Waals surface area contributed by atoms with Gasteiger partial charge in [-0.3, -0.25) is 4.79 Å². The highest BCUT2D eigenvalue weighted by atomic mass is 35.5. The highest BCUT2D eigenvalue weighted by molar-refractivity contribution is 6.31. The Hall–Kier alpha value is -3.29. The molecule has 1 heterocycles. The van der Waals surface area contributed by atoms with Gasteiger partial charge in [-0.05, 0) is 74.2 Å². The van der Waals surface area contributed by atoms with Crippen LogP contribution in [0.1, 0.15) is 35.0 Å². The lowest BCUT2D eigenvalue weighted by atomic mass is 10.1. The normalized spacial score (nSPS) is 11.3. The number of nitrogens with zero attached hydrogens (tertiary/aromatic N) is 2. The number of nitrogens with one attached hydrogen (secondary N) is 1. The van der Waals surface area contributed by atoms with Gasteiger partial charge >= 0.3 is 0 Å².